The quantitative estimate of drug-likeness (QED) is 0.650. The second-order valence-corrected chi connectivity index (χ2v) is 7.84. The molecule has 2 unspecified atom stereocenters. The topological polar surface area (TPSA) is 121 Å². The van der Waals surface area contributed by atoms with Crippen LogP contribution in [0.5, 0.6) is 0 Å². The zero-order valence-electron chi connectivity index (χ0n) is 16.7. The number of carbonyl (C=O) groups excluding carboxylic acids is 2. The van der Waals surface area contributed by atoms with E-state index in [0.29, 0.717) is 37.7 Å². The molecule has 1 aromatic rings. The number of carbonyl (C=O) groups is 3. The molecule has 0 saturated carbocycles. The van der Waals surface area contributed by atoms with Crippen LogP contribution >= 0.6 is 0 Å². The van der Waals surface area contributed by atoms with Crippen LogP contribution in [-0.2, 0) is 14.3 Å². The number of carboxylic acids is 1. The van der Waals surface area contributed by atoms with E-state index in [9.17, 15) is 14.4 Å². The van der Waals surface area contributed by atoms with Gasteiger partial charge in [0.05, 0.1) is 13.2 Å². The van der Waals surface area contributed by atoms with Crippen LogP contribution in [0.2, 0.25) is 0 Å². The summed E-state index contributed by atoms with van der Waals surface area (Å²) < 4.78 is 5.33. The number of morpholine rings is 1. The average Bonchev–Trinajstić information content (AvgIpc) is 2.65. The lowest BCUT2D eigenvalue weighted by Gasteiger charge is -2.31. The maximum absolute atomic E-state index is 12.8. The first-order valence-electron chi connectivity index (χ1n) is 9.22. The summed E-state index contributed by atoms with van der Waals surface area (Å²) in [6, 6.07) is 1.31. The van der Waals surface area contributed by atoms with Crippen molar-refractivity contribution in [2.45, 2.75) is 39.8 Å². The molecule has 9 heteroatoms. The molecule has 154 valence electrons. The summed E-state index contributed by atoms with van der Waals surface area (Å²) in [4.78, 5) is 42.7. The number of hydrogen-bond donors (Lipinski definition) is 3. The van der Waals surface area contributed by atoms with Crippen LogP contribution in [0.15, 0.2) is 18.3 Å². The molecule has 28 heavy (non-hydrogen) atoms. The van der Waals surface area contributed by atoms with Crippen LogP contribution in [0.25, 0.3) is 0 Å². The monoisotopic (exact) mass is 392 g/mol. The molecule has 2 heterocycles. The molecule has 2 amide bonds. The van der Waals surface area contributed by atoms with Crippen molar-refractivity contribution in [2.75, 3.05) is 31.2 Å². The Kier molecular flexibility index (Phi) is 6.95. The highest BCUT2D eigenvalue weighted by Gasteiger charge is 2.34. The van der Waals surface area contributed by atoms with E-state index in [-0.39, 0.29) is 0 Å². The lowest BCUT2D eigenvalue weighted by molar-refractivity contribution is -0.142. The molecule has 0 aliphatic carbocycles. The van der Waals surface area contributed by atoms with Crippen molar-refractivity contribution < 1.29 is 24.2 Å². The Bertz CT molecular complexity index is 725. The summed E-state index contributed by atoms with van der Waals surface area (Å²) in [5.41, 5.74) is -0.234. The van der Waals surface area contributed by atoms with Gasteiger partial charge in [0.15, 0.2) is 0 Å². The molecule has 2 rings (SSSR count). The number of rotatable bonds is 6. The molecule has 0 radical (unpaired) electrons. The van der Waals surface area contributed by atoms with Gasteiger partial charge in [0.1, 0.15) is 17.9 Å². The average molecular weight is 392 g/mol. The molecule has 1 fully saturated rings. The highest BCUT2D eigenvalue weighted by Crippen LogP contribution is 2.21. The molecule has 9 nitrogen and oxygen atoms in total. The third-order valence-electron chi connectivity index (χ3n) is 4.48. The minimum Gasteiger partial charge on any atom is -0.480 e. The van der Waals surface area contributed by atoms with E-state index in [1.165, 1.54) is 6.92 Å². The van der Waals surface area contributed by atoms with Gasteiger partial charge in [0.25, 0.3) is 5.91 Å². The highest BCUT2D eigenvalue weighted by molar-refractivity contribution is 5.98. The van der Waals surface area contributed by atoms with Crippen molar-refractivity contribution in [3.8, 4) is 0 Å². The summed E-state index contributed by atoms with van der Waals surface area (Å²) in [6.07, 6.45) is 1.55. The van der Waals surface area contributed by atoms with Gasteiger partial charge in [-0.15, -0.1) is 0 Å². The fraction of sp³-hybridized carbons (Fsp3) is 0.579. The third-order valence-corrected chi connectivity index (χ3v) is 4.48. The van der Waals surface area contributed by atoms with Crippen LogP contribution in [0.1, 0.15) is 38.1 Å². The van der Waals surface area contributed by atoms with Gasteiger partial charge in [-0.1, -0.05) is 20.8 Å². The van der Waals surface area contributed by atoms with Crippen molar-refractivity contribution in [3.05, 3.63) is 23.9 Å². The number of nitrogens with zero attached hydrogens (tertiary/aromatic N) is 2. The predicted molar refractivity (Wildman–Crippen MR) is 103 cm³/mol. The first-order valence-corrected chi connectivity index (χ1v) is 9.22. The van der Waals surface area contributed by atoms with Crippen LogP contribution in [0.3, 0.4) is 0 Å². The molecular formula is C19H28N4O5. The third kappa shape index (κ3) is 5.66. The summed E-state index contributed by atoms with van der Waals surface area (Å²) in [6.45, 7) is 9.37. The van der Waals surface area contributed by atoms with Gasteiger partial charge >= 0.3 is 5.97 Å². The first-order chi connectivity index (χ1) is 13.1. The molecule has 0 aromatic carbocycles. The minimum atomic E-state index is -1.14. The Morgan fingerprint density at radius 2 is 1.86 bits per heavy atom. The fourth-order valence-corrected chi connectivity index (χ4v) is 2.77. The second kappa shape index (κ2) is 9.01. The Morgan fingerprint density at radius 3 is 2.43 bits per heavy atom. The van der Waals surface area contributed by atoms with Gasteiger partial charge in [0.2, 0.25) is 5.91 Å². The Morgan fingerprint density at radius 1 is 1.21 bits per heavy atom. The largest absolute Gasteiger partial charge is 0.480 e. The van der Waals surface area contributed by atoms with Gasteiger partial charge in [-0.05, 0) is 24.5 Å². The number of amides is 2. The molecule has 1 aliphatic heterocycles. The van der Waals surface area contributed by atoms with E-state index < -0.39 is 35.3 Å². The van der Waals surface area contributed by atoms with E-state index in [0.717, 1.165) is 0 Å². The molecule has 1 aromatic heterocycles. The Balaban J connectivity index is 2.15. The SMILES string of the molecule is CC(NC(=O)C(NC(=O)c1ccnc(N2CCOCC2)c1)C(C)(C)C)C(=O)O. The minimum absolute atomic E-state index is 0.379. The number of nitrogens with one attached hydrogen (secondary N) is 2. The smallest absolute Gasteiger partial charge is 0.325 e. The van der Waals surface area contributed by atoms with E-state index in [1.807, 2.05) is 4.90 Å². The van der Waals surface area contributed by atoms with E-state index in [1.54, 1.807) is 39.1 Å². The van der Waals surface area contributed by atoms with Crippen LogP contribution in [0, 0.1) is 5.41 Å². The molecule has 2 atom stereocenters. The highest BCUT2D eigenvalue weighted by atomic mass is 16.5. The van der Waals surface area contributed by atoms with Gasteiger partial charge in [-0.3, -0.25) is 14.4 Å². The fourth-order valence-electron chi connectivity index (χ4n) is 2.77. The number of carboxylic acid groups (broad SMARTS) is 1. The van der Waals surface area contributed by atoms with Crippen LogP contribution < -0.4 is 15.5 Å². The Labute approximate surface area is 164 Å². The maximum atomic E-state index is 12.8. The van der Waals surface area contributed by atoms with Gasteiger partial charge < -0.3 is 25.4 Å². The number of aromatic nitrogens is 1. The number of aliphatic carboxylic acids is 1. The number of anilines is 1. The Hall–Kier alpha value is -2.68. The van der Waals surface area contributed by atoms with E-state index in [4.69, 9.17) is 9.84 Å². The van der Waals surface area contributed by atoms with Crippen molar-refractivity contribution in [2.24, 2.45) is 5.41 Å². The zero-order valence-corrected chi connectivity index (χ0v) is 16.7. The number of hydrogen-bond acceptors (Lipinski definition) is 6. The van der Waals surface area contributed by atoms with E-state index >= 15 is 0 Å². The van der Waals surface area contributed by atoms with Crippen LogP contribution in [-0.4, -0.2) is 66.3 Å². The van der Waals surface area contributed by atoms with Gasteiger partial charge in [-0.25, -0.2) is 4.98 Å². The predicted octanol–water partition coefficient (Wildman–Crippen LogP) is 0.652. The summed E-state index contributed by atoms with van der Waals surface area (Å²) in [7, 11) is 0. The molecule has 3 N–H and O–H groups in total. The van der Waals surface area contributed by atoms with Crippen molar-refractivity contribution in [1.82, 2.24) is 15.6 Å². The van der Waals surface area contributed by atoms with Crippen molar-refractivity contribution in [3.63, 3.8) is 0 Å². The first kappa shape index (κ1) is 21.6. The molecular weight excluding hydrogens is 364 g/mol. The summed E-state index contributed by atoms with van der Waals surface area (Å²) in [5.74, 6) is -1.43. The van der Waals surface area contributed by atoms with Crippen LogP contribution in [0.4, 0.5) is 5.82 Å². The normalized spacial score (nSPS) is 16.8. The summed E-state index contributed by atoms with van der Waals surface area (Å²) >= 11 is 0. The lowest BCUT2D eigenvalue weighted by Crippen LogP contribution is -2.56. The lowest BCUT2D eigenvalue weighted by atomic mass is 9.85. The van der Waals surface area contributed by atoms with Gasteiger partial charge in [0, 0.05) is 24.8 Å². The molecule has 0 bridgehead atoms. The van der Waals surface area contributed by atoms with Crippen molar-refractivity contribution in [1.29, 1.82) is 0 Å². The second-order valence-electron chi connectivity index (χ2n) is 7.84. The van der Waals surface area contributed by atoms with Gasteiger partial charge in [-0.2, -0.15) is 0 Å². The zero-order chi connectivity index (χ0) is 20.9. The maximum Gasteiger partial charge on any atom is 0.325 e. The number of ether oxygens (including phenoxy) is 1. The molecule has 1 aliphatic rings. The van der Waals surface area contributed by atoms with E-state index in [2.05, 4.69) is 15.6 Å². The summed E-state index contributed by atoms with van der Waals surface area (Å²) in [5, 5.41) is 14.2. The van der Waals surface area contributed by atoms with Crippen molar-refractivity contribution >= 4 is 23.6 Å². The molecule has 0 spiro atoms. The standard InChI is InChI=1S/C19H28N4O5/c1-12(18(26)27)21-17(25)15(19(2,3)4)22-16(24)13-5-6-20-14(11-13)23-7-9-28-10-8-23/h5-6,11-12,15H,7-10H2,1-4H3,(H,21,25)(H,22,24)(H,26,27). The molecule has 1 saturated heterocycles. The number of pyridine rings is 1.